The second-order valence-corrected chi connectivity index (χ2v) is 3.40. The van der Waals surface area contributed by atoms with Crippen LogP contribution in [0.25, 0.3) is 0 Å². The molecule has 0 saturated carbocycles. The SMILES string of the molecule is Cc1ccnc(NCCc2ncno2)c1N. The molecule has 2 heterocycles. The molecule has 2 aromatic heterocycles. The molecule has 0 radical (unpaired) electrons. The van der Waals surface area contributed by atoms with Gasteiger partial charge in [-0.2, -0.15) is 4.98 Å². The molecule has 0 saturated heterocycles. The Morgan fingerprint density at radius 3 is 3.06 bits per heavy atom. The number of anilines is 2. The molecule has 0 aliphatic rings. The van der Waals surface area contributed by atoms with Gasteiger partial charge in [0.05, 0.1) is 5.69 Å². The molecule has 3 N–H and O–H groups in total. The Morgan fingerprint density at radius 2 is 2.31 bits per heavy atom. The fourth-order valence-electron chi connectivity index (χ4n) is 1.30. The highest BCUT2D eigenvalue weighted by molar-refractivity contribution is 5.64. The lowest BCUT2D eigenvalue weighted by atomic mass is 10.2. The molecule has 0 unspecified atom stereocenters. The van der Waals surface area contributed by atoms with Crippen LogP contribution in [-0.4, -0.2) is 21.7 Å². The normalized spacial score (nSPS) is 10.3. The van der Waals surface area contributed by atoms with Gasteiger partial charge in [0.1, 0.15) is 5.82 Å². The molecule has 0 atom stereocenters. The van der Waals surface area contributed by atoms with Crippen molar-refractivity contribution in [2.45, 2.75) is 13.3 Å². The number of nitrogen functional groups attached to an aromatic ring is 1. The zero-order chi connectivity index (χ0) is 11.4. The Bertz CT molecular complexity index is 454. The van der Waals surface area contributed by atoms with Gasteiger partial charge in [0.25, 0.3) is 0 Å². The zero-order valence-corrected chi connectivity index (χ0v) is 8.97. The van der Waals surface area contributed by atoms with E-state index >= 15 is 0 Å². The van der Waals surface area contributed by atoms with E-state index in [2.05, 4.69) is 20.4 Å². The Labute approximate surface area is 92.9 Å². The Kier molecular flexibility index (Phi) is 3.00. The Balaban J connectivity index is 1.92. The second kappa shape index (κ2) is 4.61. The lowest BCUT2D eigenvalue weighted by molar-refractivity contribution is 0.379. The summed E-state index contributed by atoms with van der Waals surface area (Å²) in [5.41, 5.74) is 7.55. The molecule has 2 rings (SSSR count). The number of rotatable bonds is 4. The van der Waals surface area contributed by atoms with E-state index in [0.717, 1.165) is 5.56 Å². The van der Waals surface area contributed by atoms with E-state index in [1.807, 2.05) is 13.0 Å². The maximum atomic E-state index is 5.87. The maximum Gasteiger partial charge on any atom is 0.228 e. The summed E-state index contributed by atoms with van der Waals surface area (Å²) in [5, 5.41) is 6.65. The lowest BCUT2D eigenvalue weighted by Crippen LogP contribution is -2.09. The smallest absolute Gasteiger partial charge is 0.228 e. The molecule has 0 spiro atoms. The summed E-state index contributed by atoms with van der Waals surface area (Å²) < 4.78 is 4.87. The van der Waals surface area contributed by atoms with Gasteiger partial charge >= 0.3 is 0 Å². The van der Waals surface area contributed by atoms with Crippen LogP contribution in [0.15, 0.2) is 23.1 Å². The fraction of sp³-hybridized carbons (Fsp3) is 0.300. The number of pyridine rings is 1. The number of hydrogen-bond donors (Lipinski definition) is 2. The number of nitrogens with zero attached hydrogens (tertiary/aromatic N) is 3. The molecular weight excluding hydrogens is 206 g/mol. The highest BCUT2D eigenvalue weighted by atomic mass is 16.5. The minimum Gasteiger partial charge on any atom is -0.396 e. The molecule has 0 fully saturated rings. The van der Waals surface area contributed by atoms with Gasteiger partial charge in [-0.3, -0.25) is 0 Å². The topological polar surface area (TPSA) is 89.9 Å². The van der Waals surface area contributed by atoms with Gasteiger partial charge in [0.15, 0.2) is 6.33 Å². The van der Waals surface area contributed by atoms with Crippen molar-refractivity contribution in [3.05, 3.63) is 30.0 Å². The summed E-state index contributed by atoms with van der Waals surface area (Å²) >= 11 is 0. The third-order valence-electron chi connectivity index (χ3n) is 2.25. The van der Waals surface area contributed by atoms with Crippen LogP contribution in [0.5, 0.6) is 0 Å². The molecule has 2 aromatic rings. The van der Waals surface area contributed by atoms with Crippen molar-refractivity contribution in [1.29, 1.82) is 0 Å². The summed E-state index contributed by atoms with van der Waals surface area (Å²) in [6.45, 7) is 2.60. The van der Waals surface area contributed by atoms with Crippen LogP contribution in [0.4, 0.5) is 11.5 Å². The Hall–Kier alpha value is -2.11. The summed E-state index contributed by atoms with van der Waals surface area (Å²) in [5.74, 6) is 1.29. The third kappa shape index (κ3) is 2.28. The number of nitrogens with two attached hydrogens (primary N) is 1. The molecule has 0 aromatic carbocycles. The number of aryl methyl sites for hydroxylation is 1. The third-order valence-corrected chi connectivity index (χ3v) is 2.25. The minimum absolute atomic E-state index is 0.596. The van der Waals surface area contributed by atoms with Crippen molar-refractivity contribution in [3.63, 3.8) is 0 Å². The monoisotopic (exact) mass is 219 g/mol. The van der Waals surface area contributed by atoms with Gasteiger partial charge in [-0.15, -0.1) is 0 Å². The van der Waals surface area contributed by atoms with Gasteiger partial charge in [0, 0.05) is 19.2 Å². The van der Waals surface area contributed by atoms with Crippen LogP contribution in [-0.2, 0) is 6.42 Å². The maximum absolute atomic E-state index is 5.87. The van der Waals surface area contributed by atoms with E-state index in [0.29, 0.717) is 30.4 Å². The number of hydrogen-bond acceptors (Lipinski definition) is 6. The van der Waals surface area contributed by atoms with Gasteiger partial charge in [-0.1, -0.05) is 5.16 Å². The van der Waals surface area contributed by atoms with Crippen molar-refractivity contribution in [1.82, 2.24) is 15.1 Å². The van der Waals surface area contributed by atoms with E-state index < -0.39 is 0 Å². The molecule has 0 aliphatic carbocycles. The van der Waals surface area contributed by atoms with E-state index in [-0.39, 0.29) is 0 Å². The van der Waals surface area contributed by atoms with E-state index in [4.69, 9.17) is 10.3 Å². The first-order chi connectivity index (χ1) is 7.77. The predicted octanol–water partition coefficient (Wildman–Crippen LogP) is 1.01. The molecule has 6 nitrogen and oxygen atoms in total. The molecule has 0 bridgehead atoms. The molecular formula is C10H13N5O. The van der Waals surface area contributed by atoms with Crippen molar-refractivity contribution in [2.75, 3.05) is 17.6 Å². The predicted molar refractivity (Wildman–Crippen MR) is 59.9 cm³/mol. The summed E-state index contributed by atoms with van der Waals surface area (Å²) in [4.78, 5) is 8.07. The molecule has 0 amide bonds. The first-order valence-corrected chi connectivity index (χ1v) is 4.98. The van der Waals surface area contributed by atoms with Gasteiger partial charge < -0.3 is 15.6 Å². The van der Waals surface area contributed by atoms with Crippen LogP contribution >= 0.6 is 0 Å². The standard InChI is InChI=1S/C10H13N5O/c1-7-2-4-12-10(9(7)11)13-5-3-8-14-6-15-16-8/h2,4,6H,3,5,11H2,1H3,(H,12,13). The van der Waals surface area contributed by atoms with Gasteiger partial charge in [0.2, 0.25) is 5.89 Å². The van der Waals surface area contributed by atoms with Crippen molar-refractivity contribution >= 4 is 11.5 Å². The van der Waals surface area contributed by atoms with Gasteiger partial charge in [-0.05, 0) is 18.6 Å². The van der Waals surface area contributed by atoms with Crippen molar-refractivity contribution < 1.29 is 4.52 Å². The average molecular weight is 219 g/mol. The molecule has 84 valence electrons. The number of nitrogens with one attached hydrogen (secondary N) is 1. The van der Waals surface area contributed by atoms with Crippen LogP contribution in [0, 0.1) is 6.92 Å². The summed E-state index contributed by atoms with van der Waals surface area (Å²) in [6.07, 6.45) is 3.75. The molecule has 0 aliphatic heterocycles. The fourth-order valence-corrected chi connectivity index (χ4v) is 1.30. The summed E-state index contributed by atoms with van der Waals surface area (Å²) in [6, 6.07) is 1.87. The van der Waals surface area contributed by atoms with Crippen molar-refractivity contribution in [3.8, 4) is 0 Å². The van der Waals surface area contributed by atoms with E-state index in [1.54, 1.807) is 6.20 Å². The van der Waals surface area contributed by atoms with Crippen LogP contribution in [0.1, 0.15) is 11.5 Å². The van der Waals surface area contributed by atoms with E-state index in [1.165, 1.54) is 6.33 Å². The number of aromatic nitrogens is 3. The molecule has 16 heavy (non-hydrogen) atoms. The van der Waals surface area contributed by atoms with Crippen LogP contribution in [0.2, 0.25) is 0 Å². The largest absolute Gasteiger partial charge is 0.396 e. The highest BCUT2D eigenvalue weighted by Crippen LogP contribution is 2.18. The summed E-state index contributed by atoms with van der Waals surface area (Å²) in [7, 11) is 0. The van der Waals surface area contributed by atoms with E-state index in [9.17, 15) is 0 Å². The first-order valence-electron chi connectivity index (χ1n) is 4.98. The highest BCUT2D eigenvalue weighted by Gasteiger charge is 2.03. The van der Waals surface area contributed by atoms with Gasteiger partial charge in [-0.25, -0.2) is 4.98 Å². The molecule has 6 heteroatoms. The van der Waals surface area contributed by atoms with Crippen LogP contribution < -0.4 is 11.1 Å². The lowest BCUT2D eigenvalue weighted by Gasteiger charge is -2.08. The second-order valence-electron chi connectivity index (χ2n) is 3.40. The first kappa shape index (κ1) is 10.4. The average Bonchev–Trinajstić information content (AvgIpc) is 2.77. The quantitative estimate of drug-likeness (QED) is 0.797. The van der Waals surface area contributed by atoms with Crippen LogP contribution in [0.3, 0.4) is 0 Å². The Morgan fingerprint density at radius 1 is 1.44 bits per heavy atom. The minimum atomic E-state index is 0.596. The zero-order valence-electron chi connectivity index (χ0n) is 8.97. The van der Waals surface area contributed by atoms with Crippen molar-refractivity contribution in [2.24, 2.45) is 0 Å².